The van der Waals surface area contributed by atoms with Crippen molar-refractivity contribution >= 4 is 38.0 Å². The second-order valence-electron chi connectivity index (χ2n) is 14.4. The first kappa shape index (κ1) is 28.1. The molecule has 1 aliphatic heterocycles. The van der Waals surface area contributed by atoms with E-state index in [1.165, 1.54) is 82.6 Å². The van der Waals surface area contributed by atoms with Crippen LogP contribution in [-0.4, -0.2) is 0 Å². The molecule has 12 rings (SSSR count). The average Bonchev–Trinajstić information content (AvgIpc) is 3.88. The van der Waals surface area contributed by atoms with Gasteiger partial charge in [0.2, 0.25) is 0 Å². The Bertz CT molecular complexity index is 2930. The predicted octanol–water partition coefficient (Wildman–Crippen LogP) is 12.7. The van der Waals surface area contributed by atoms with Gasteiger partial charge in [-0.25, -0.2) is 0 Å². The zero-order valence-corrected chi connectivity index (χ0v) is 28.2. The number of nitrogens with one attached hydrogen (secondary N) is 1. The minimum Gasteiger partial charge on any atom is -0.464 e. The van der Waals surface area contributed by atoms with Crippen LogP contribution < -0.4 is 10.1 Å². The first-order valence-corrected chi connectivity index (χ1v) is 18.1. The second-order valence-corrected chi connectivity index (χ2v) is 14.4. The van der Waals surface area contributed by atoms with Crippen molar-refractivity contribution in [1.82, 2.24) is 0 Å². The summed E-state index contributed by atoms with van der Waals surface area (Å²) < 4.78 is 6.64. The maximum atomic E-state index is 6.64. The lowest BCUT2D eigenvalue weighted by atomic mass is 9.69. The van der Waals surface area contributed by atoms with Crippen LogP contribution in [0.1, 0.15) is 34.0 Å². The van der Waals surface area contributed by atoms with Crippen molar-refractivity contribution in [3.05, 3.63) is 204 Å². The van der Waals surface area contributed by atoms with E-state index in [0.717, 1.165) is 22.4 Å². The highest BCUT2D eigenvalue weighted by Gasteiger charge is 2.52. The zero-order valence-electron chi connectivity index (χ0n) is 28.2. The van der Waals surface area contributed by atoms with Gasteiger partial charge in [-0.2, -0.15) is 0 Å². The summed E-state index contributed by atoms with van der Waals surface area (Å²) in [7, 11) is 0. The molecule has 2 heteroatoms. The summed E-state index contributed by atoms with van der Waals surface area (Å²) in [6.07, 6.45) is -0.206. The Hall–Kier alpha value is -6.64. The first-order chi connectivity index (χ1) is 25.8. The number of rotatable bonds is 2. The van der Waals surface area contributed by atoms with Crippen LogP contribution >= 0.6 is 0 Å². The molecule has 2 aliphatic carbocycles. The lowest BCUT2D eigenvalue weighted by Crippen LogP contribution is -2.26. The van der Waals surface area contributed by atoms with E-state index in [-0.39, 0.29) is 6.23 Å². The van der Waals surface area contributed by atoms with Crippen LogP contribution in [0, 0.1) is 0 Å². The normalized spacial score (nSPS) is 15.6. The minimum atomic E-state index is -0.415. The number of benzene rings is 9. The average molecular weight is 662 g/mol. The molecule has 1 spiro atoms. The molecule has 0 saturated heterocycles. The Kier molecular flexibility index (Phi) is 5.52. The molecule has 1 N–H and O–H groups in total. The summed E-state index contributed by atoms with van der Waals surface area (Å²) in [4.78, 5) is 0. The van der Waals surface area contributed by atoms with Gasteiger partial charge in [0.15, 0.2) is 12.0 Å². The molecule has 2 nitrogen and oxygen atoms in total. The third-order valence-corrected chi connectivity index (χ3v) is 11.9. The molecule has 0 saturated carbocycles. The van der Waals surface area contributed by atoms with Gasteiger partial charge in [-0.05, 0) is 101 Å². The van der Waals surface area contributed by atoms with Crippen LogP contribution in [0.4, 0.5) is 5.69 Å². The fraction of sp³-hybridized carbons (Fsp3) is 0.0400. The van der Waals surface area contributed by atoms with Gasteiger partial charge in [0.1, 0.15) is 0 Å². The topological polar surface area (TPSA) is 21.3 Å². The standard InChI is InChI=1S/C50H31NO/c1-2-11-32(12-3-1)49-51-45-27-23-31-18-19-35-28-33(21-24-36(35)46(31)48(45)52-49)34-22-25-40-41-26-20-30-10-4-5-13-37(30)47(41)50(44(40)29-34)42-16-8-6-14-38(42)39-15-7-9-17-43(39)50/h1-29,49,51H. The highest BCUT2D eigenvalue weighted by Crippen LogP contribution is 2.64. The molecule has 0 amide bonds. The molecular formula is C50H31NO. The number of fused-ring (bicyclic) bond motifs is 17. The summed E-state index contributed by atoms with van der Waals surface area (Å²) >= 11 is 0. The van der Waals surface area contributed by atoms with Crippen LogP contribution in [0.25, 0.3) is 65.7 Å². The second kappa shape index (κ2) is 10.2. The third-order valence-electron chi connectivity index (χ3n) is 11.9. The lowest BCUT2D eigenvalue weighted by molar-refractivity contribution is 0.263. The van der Waals surface area contributed by atoms with Crippen molar-refractivity contribution < 1.29 is 4.74 Å². The number of ether oxygens (including phenoxy) is 1. The molecule has 242 valence electrons. The van der Waals surface area contributed by atoms with Crippen molar-refractivity contribution in [3.8, 4) is 39.1 Å². The van der Waals surface area contributed by atoms with Crippen molar-refractivity contribution in [2.45, 2.75) is 11.6 Å². The fourth-order valence-corrected chi connectivity index (χ4v) is 9.70. The third kappa shape index (κ3) is 3.58. The largest absolute Gasteiger partial charge is 0.464 e. The summed E-state index contributed by atoms with van der Waals surface area (Å²) in [5.74, 6) is 0.924. The Morgan fingerprint density at radius 3 is 1.92 bits per heavy atom. The van der Waals surface area contributed by atoms with Crippen LogP contribution in [0.5, 0.6) is 5.75 Å². The van der Waals surface area contributed by atoms with E-state index >= 15 is 0 Å². The van der Waals surface area contributed by atoms with Crippen molar-refractivity contribution in [3.63, 3.8) is 0 Å². The van der Waals surface area contributed by atoms with Gasteiger partial charge in [-0.3, -0.25) is 0 Å². The van der Waals surface area contributed by atoms with Gasteiger partial charge in [-0.15, -0.1) is 0 Å². The van der Waals surface area contributed by atoms with Crippen molar-refractivity contribution in [1.29, 1.82) is 0 Å². The summed E-state index contributed by atoms with van der Waals surface area (Å²) in [5, 5.41) is 10.9. The van der Waals surface area contributed by atoms with Crippen molar-refractivity contribution in [2.75, 3.05) is 5.32 Å². The maximum Gasteiger partial charge on any atom is 0.196 e. The molecule has 0 radical (unpaired) electrons. The smallest absolute Gasteiger partial charge is 0.196 e. The quantitative estimate of drug-likeness (QED) is 0.186. The lowest BCUT2D eigenvalue weighted by Gasteiger charge is -2.31. The monoisotopic (exact) mass is 661 g/mol. The van der Waals surface area contributed by atoms with Gasteiger partial charge in [-0.1, -0.05) is 158 Å². The number of hydrogen-bond acceptors (Lipinski definition) is 2. The SMILES string of the molecule is c1ccc(C2Nc3ccc4ccc5cc(-c6ccc7c(c6)C6(c8ccccc8-c8ccccc86)c6c-7ccc7ccccc67)ccc5c4c3O2)cc1. The molecule has 9 aromatic rings. The first-order valence-electron chi connectivity index (χ1n) is 18.1. The predicted molar refractivity (Wildman–Crippen MR) is 214 cm³/mol. The molecule has 1 unspecified atom stereocenters. The van der Waals surface area contributed by atoms with E-state index in [2.05, 4.69) is 175 Å². The van der Waals surface area contributed by atoms with Gasteiger partial charge < -0.3 is 10.1 Å². The molecule has 52 heavy (non-hydrogen) atoms. The Balaban J connectivity index is 1.06. The molecule has 0 fully saturated rings. The summed E-state index contributed by atoms with van der Waals surface area (Å²) in [5.41, 5.74) is 14.9. The number of anilines is 1. The highest BCUT2D eigenvalue weighted by molar-refractivity contribution is 6.14. The van der Waals surface area contributed by atoms with Crippen LogP contribution in [-0.2, 0) is 5.41 Å². The minimum absolute atomic E-state index is 0.206. The fourth-order valence-electron chi connectivity index (χ4n) is 9.70. The van der Waals surface area contributed by atoms with E-state index in [9.17, 15) is 0 Å². The van der Waals surface area contributed by atoms with Gasteiger partial charge in [0, 0.05) is 10.9 Å². The molecular weight excluding hydrogens is 631 g/mol. The highest BCUT2D eigenvalue weighted by atomic mass is 16.5. The van der Waals surface area contributed by atoms with Crippen LogP contribution in [0.15, 0.2) is 176 Å². The molecule has 1 heterocycles. The van der Waals surface area contributed by atoms with Crippen molar-refractivity contribution in [2.24, 2.45) is 0 Å². The van der Waals surface area contributed by atoms with Crippen LogP contribution in [0.3, 0.4) is 0 Å². The van der Waals surface area contributed by atoms with E-state index in [0.29, 0.717) is 0 Å². The molecule has 0 bridgehead atoms. The zero-order chi connectivity index (χ0) is 34.0. The van der Waals surface area contributed by atoms with E-state index in [4.69, 9.17) is 4.74 Å². The Morgan fingerprint density at radius 2 is 1.08 bits per heavy atom. The Morgan fingerprint density at radius 1 is 0.442 bits per heavy atom. The van der Waals surface area contributed by atoms with E-state index < -0.39 is 5.41 Å². The summed E-state index contributed by atoms with van der Waals surface area (Å²) in [6, 6.07) is 65.0. The Labute approximate surface area is 301 Å². The van der Waals surface area contributed by atoms with Gasteiger partial charge >= 0.3 is 0 Å². The van der Waals surface area contributed by atoms with Crippen LogP contribution in [0.2, 0.25) is 0 Å². The van der Waals surface area contributed by atoms with Gasteiger partial charge in [0.05, 0.1) is 11.1 Å². The molecule has 0 aromatic heterocycles. The molecule has 1 atom stereocenters. The maximum absolute atomic E-state index is 6.64. The molecule has 3 aliphatic rings. The van der Waals surface area contributed by atoms with E-state index in [1.54, 1.807) is 0 Å². The molecule has 9 aromatic carbocycles. The van der Waals surface area contributed by atoms with E-state index in [1.807, 2.05) is 6.07 Å². The van der Waals surface area contributed by atoms with Gasteiger partial charge in [0.25, 0.3) is 0 Å². The summed E-state index contributed by atoms with van der Waals surface area (Å²) in [6.45, 7) is 0. The number of hydrogen-bond donors (Lipinski definition) is 1.